The van der Waals surface area contributed by atoms with E-state index in [1.165, 1.54) is 6.20 Å². The van der Waals surface area contributed by atoms with Crippen LogP contribution in [0.25, 0.3) is 0 Å². The van der Waals surface area contributed by atoms with Gasteiger partial charge in [-0.3, -0.25) is 15.2 Å². The topological polar surface area (TPSA) is 103 Å². The summed E-state index contributed by atoms with van der Waals surface area (Å²) in [7, 11) is 0. The second kappa shape index (κ2) is 7.17. The third-order valence-corrected chi connectivity index (χ3v) is 3.94. The Morgan fingerprint density at radius 1 is 1.17 bits per heavy atom. The summed E-state index contributed by atoms with van der Waals surface area (Å²) in [6.07, 6.45) is 3.36. The predicted octanol–water partition coefficient (Wildman–Crippen LogP) is 0.118. The minimum Gasteiger partial charge on any atom is -0.318 e. The average Bonchev–Trinajstić information content (AvgIpc) is 3.05. The van der Waals surface area contributed by atoms with E-state index >= 15 is 0 Å². The van der Waals surface area contributed by atoms with Crippen molar-refractivity contribution in [3.63, 3.8) is 0 Å². The number of aromatic nitrogens is 2. The molecule has 0 aliphatic carbocycles. The van der Waals surface area contributed by atoms with Crippen LogP contribution in [0.4, 0.5) is 5.69 Å². The van der Waals surface area contributed by atoms with Crippen molar-refractivity contribution in [1.82, 2.24) is 15.5 Å². The number of hydrogen-bond donors (Lipinski definition) is 4. The smallest absolute Gasteiger partial charge is 0.318 e. The molecule has 0 atom stereocenters. The van der Waals surface area contributed by atoms with Crippen LogP contribution in [0.3, 0.4) is 0 Å². The van der Waals surface area contributed by atoms with Gasteiger partial charge in [-0.05, 0) is 12.1 Å². The lowest BCUT2D eigenvalue weighted by atomic mass is 10.1. The van der Waals surface area contributed by atoms with Gasteiger partial charge in [0.25, 0.3) is 5.91 Å². The second-order valence-electron chi connectivity index (χ2n) is 5.60. The van der Waals surface area contributed by atoms with Crippen molar-refractivity contribution < 1.29 is 14.9 Å². The molecular formula is C16H20N5O2+. The van der Waals surface area contributed by atoms with Crippen molar-refractivity contribution in [2.24, 2.45) is 0 Å². The maximum absolute atomic E-state index is 12.4. The highest BCUT2D eigenvalue weighted by molar-refractivity contribution is 6.06. The highest BCUT2D eigenvalue weighted by Gasteiger charge is 2.25. The molecule has 0 radical (unpaired) electrons. The van der Waals surface area contributed by atoms with E-state index < -0.39 is 0 Å². The zero-order valence-electron chi connectivity index (χ0n) is 12.7. The van der Waals surface area contributed by atoms with E-state index in [4.69, 9.17) is 0 Å². The van der Waals surface area contributed by atoms with E-state index in [-0.39, 0.29) is 17.9 Å². The van der Waals surface area contributed by atoms with Crippen molar-refractivity contribution in [2.45, 2.75) is 18.9 Å². The lowest BCUT2D eigenvalue weighted by Gasteiger charge is -2.19. The molecule has 2 heterocycles. The van der Waals surface area contributed by atoms with Gasteiger partial charge in [-0.1, -0.05) is 18.2 Å². The molecule has 0 bridgehead atoms. The Labute approximate surface area is 133 Å². The maximum atomic E-state index is 12.4. The van der Waals surface area contributed by atoms with Crippen molar-refractivity contribution in [3.05, 3.63) is 47.8 Å². The molecule has 0 unspecified atom stereocenters. The normalized spacial score (nSPS) is 15.3. The van der Waals surface area contributed by atoms with Crippen LogP contribution >= 0.6 is 0 Å². The van der Waals surface area contributed by atoms with Crippen molar-refractivity contribution >= 4 is 17.5 Å². The van der Waals surface area contributed by atoms with Crippen molar-refractivity contribution in [3.8, 4) is 0 Å². The van der Waals surface area contributed by atoms with E-state index in [2.05, 4.69) is 20.8 Å². The van der Waals surface area contributed by atoms with Crippen LogP contribution in [-0.2, 0) is 0 Å². The first-order valence-corrected chi connectivity index (χ1v) is 7.74. The number of hydrogen-bond acceptors (Lipinski definition) is 4. The summed E-state index contributed by atoms with van der Waals surface area (Å²) in [6, 6.07) is 9.14. The molecule has 1 aromatic heterocycles. The van der Waals surface area contributed by atoms with Crippen LogP contribution in [0.1, 0.15) is 33.7 Å². The van der Waals surface area contributed by atoms with Gasteiger partial charge in [-0.15, -0.1) is 0 Å². The number of amides is 2. The second-order valence-corrected chi connectivity index (χ2v) is 5.60. The standard InChI is InChI=1S/C16H19N5O2/c22-15(11-4-2-1-3-5-11)20-13-10-18-21-14(13)16(23)19-12-6-8-17-9-7-12/h1-5,10,12,17H,6-9H2,(H,18,21)(H,19,23)(H,20,22)/p+1. The van der Waals surface area contributed by atoms with Gasteiger partial charge >= 0.3 is 5.91 Å². The Balaban J connectivity index is 1.67. The molecule has 2 aromatic rings. The number of benzene rings is 1. The van der Waals surface area contributed by atoms with Crippen LogP contribution in [0.5, 0.6) is 0 Å². The first-order valence-electron chi connectivity index (χ1n) is 7.74. The van der Waals surface area contributed by atoms with Crippen LogP contribution < -0.4 is 16.0 Å². The zero-order chi connectivity index (χ0) is 16.1. The predicted molar refractivity (Wildman–Crippen MR) is 85.1 cm³/mol. The van der Waals surface area contributed by atoms with Gasteiger partial charge in [0.15, 0.2) is 5.69 Å². The van der Waals surface area contributed by atoms with Gasteiger partial charge in [0, 0.05) is 31.5 Å². The molecule has 7 nitrogen and oxygen atoms in total. The van der Waals surface area contributed by atoms with Crippen LogP contribution in [0.2, 0.25) is 0 Å². The summed E-state index contributed by atoms with van der Waals surface area (Å²) in [5.41, 5.74) is 1.27. The fourth-order valence-corrected chi connectivity index (χ4v) is 2.66. The summed E-state index contributed by atoms with van der Waals surface area (Å²) >= 11 is 0. The molecule has 2 amide bonds. The first kappa shape index (κ1) is 15.4. The third kappa shape index (κ3) is 3.82. The maximum Gasteiger partial charge on any atom is 0.362 e. The number of carbonyl (C=O) groups excluding carboxylic acids is 2. The molecule has 5 N–H and O–H groups in total. The molecule has 1 aliphatic rings. The first-order chi connectivity index (χ1) is 11.2. The summed E-state index contributed by atoms with van der Waals surface area (Å²) in [6.45, 7) is 1.85. The number of quaternary nitrogens is 1. The molecule has 0 saturated carbocycles. The lowest BCUT2D eigenvalue weighted by molar-refractivity contribution is -0.597. The number of nitrogens with zero attached hydrogens (tertiary/aromatic N) is 1. The van der Waals surface area contributed by atoms with E-state index in [1.54, 1.807) is 29.6 Å². The summed E-state index contributed by atoms with van der Waals surface area (Å²) in [5.74, 6) is -0.388. The van der Waals surface area contributed by atoms with Crippen molar-refractivity contribution in [1.29, 1.82) is 0 Å². The van der Waals surface area contributed by atoms with Gasteiger partial charge in [-0.25, -0.2) is 4.79 Å². The molecular weight excluding hydrogens is 294 g/mol. The van der Waals surface area contributed by atoms with E-state index in [1.807, 2.05) is 6.07 Å². The molecule has 23 heavy (non-hydrogen) atoms. The molecule has 0 spiro atoms. The van der Waals surface area contributed by atoms with Gasteiger partial charge in [0.05, 0.1) is 17.9 Å². The van der Waals surface area contributed by atoms with Gasteiger partial charge < -0.3 is 10.6 Å². The zero-order valence-corrected chi connectivity index (χ0v) is 12.7. The Morgan fingerprint density at radius 2 is 1.91 bits per heavy atom. The molecule has 1 saturated heterocycles. The number of H-pyrrole nitrogens is 1. The number of carbonyl (C=O) groups is 2. The molecule has 120 valence electrons. The van der Waals surface area contributed by atoms with Gasteiger partial charge in [0.2, 0.25) is 0 Å². The third-order valence-electron chi connectivity index (χ3n) is 3.94. The van der Waals surface area contributed by atoms with Gasteiger partial charge in [0.1, 0.15) is 0 Å². The average molecular weight is 314 g/mol. The highest BCUT2D eigenvalue weighted by atomic mass is 16.2. The summed E-state index contributed by atoms with van der Waals surface area (Å²) < 4.78 is 0. The largest absolute Gasteiger partial charge is 0.362 e. The van der Waals surface area contributed by atoms with E-state index in [9.17, 15) is 9.59 Å². The number of piperidine rings is 1. The molecule has 1 aliphatic heterocycles. The SMILES string of the molecule is O=C(Nc1cn[nH]c1C(=O)[NH2+]C1CCNCC1)c1ccccc1. The molecule has 3 rings (SSSR count). The minimum absolute atomic E-state index is 0.127. The lowest BCUT2D eigenvalue weighted by Crippen LogP contribution is -2.94. The van der Waals surface area contributed by atoms with Crippen LogP contribution in [0.15, 0.2) is 36.5 Å². The Kier molecular flexibility index (Phi) is 4.80. The van der Waals surface area contributed by atoms with Crippen molar-refractivity contribution in [2.75, 3.05) is 18.4 Å². The highest BCUT2D eigenvalue weighted by Crippen LogP contribution is 2.12. The molecule has 1 aromatic carbocycles. The Morgan fingerprint density at radius 3 is 2.65 bits per heavy atom. The van der Waals surface area contributed by atoms with E-state index in [0.717, 1.165) is 25.9 Å². The number of anilines is 1. The minimum atomic E-state index is -0.261. The number of aromatic amines is 1. The number of primary amides is 1. The summed E-state index contributed by atoms with van der Waals surface area (Å²) in [4.78, 5) is 24.6. The number of nitrogens with one attached hydrogen (secondary N) is 3. The van der Waals surface area contributed by atoms with Crippen LogP contribution in [0, 0.1) is 0 Å². The monoisotopic (exact) mass is 314 g/mol. The molecule has 7 heteroatoms. The fourth-order valence-electron chi connectivity index (χ4n) is 2.66. The Hall–Kier alpha value is -2.51. The van der Waals surface area contributed by atoms with Crippen LogP contribution in [-0.4, -0.2) is 41.1 Å². The quantitative estimate of drug-likeness (QED) is 0.643. The molecule has 1 fully saturated rings. The Bertz CT molecular complexity index is 677. The summed E-state index contributed by atoms with van der Waals surface area (Å²) in [5, 5.41) is 14.3. The van der Waals surface area contributed by atoms with E-state index in [0.29, 0.717) is 16.9 Å². The van der Waals surface area contributed by atoms with Gasteiger partial charge in [-0.2, -0.15) is 5.10 Å². The number of nitrogens with two attached hydrogens (primary N) is 1. The number of rotatable bonds is 4. The fraction of sp³-hybridized carbons (Fsp3) is 0.312.